The summed E-state index contributed by atoms with van der Waals surface area (Å²) < 4.78 is 39.3. The van der Waals surface area contributed by atoms with Gasteiger partial charge in [-0.3, -0.25) is 9.55 Å². The van der Waals surface area contributed by atoms with E-state index in [1.165, 1.54) is 12.1 Å². The molecule has 0 amide bonds. The number of anilines is 1. The number of halogens is 1. The maximum Gasteiger partial charge on any atom is 0.261 e. The van der Waals surface area contributed by atoms with Crippen molar-refractivity contribution in [3.63, 3.8) is 0 Å². The van der Waals surface area contributed by atoms with Crippen LogP contribution in [0.4, 0.5) is 10.1 Å². The number of fused-ring (bicyclic) bond motifs is 1. The van der Waals surface area contributed by atoms with Crippen molar-refractivity contribution in [2.24, 2.45) is 4.99 Å². The first-order valence-electron chi connectivity index (χ1n) is 10.2. The molecule has 0 saturated carbocycles. The second kappa shape index (κ2) is 9.78. The Balaban J connectivity index is 0.000000523. The summed E-state index contributed by atoms with van der Waals surface area (Å²) in [6, 6.07) is 14.4. The van der Waals surface area contributed by atoms with E-state index in [2.05, 4.69) is 0 Å². The zero-order valence-electron chi connectivity index (χ0n) is 18.3. The molecule has 2 atom stereocenters. The average molecular weight is 482 g/mol. The van der Waals surface area contributed by atoms with E-state index in [1.807, 2.05) is 48.2 Å². The highest BCUT2D eigenvalue weighted by Crippen LogP contribution is 2.54. The Morgan fingerprint density at radius 1 is 1.12 bits per heavy atom. The first-order valence-corrected chi connectivity index (χ1v) is 12.9. The number of amidine groups is 1. The quantitative estimate of drug-likeness (QED) is 0.649. The number of benzene rings is 2. The molecule has 2 aromatic carbocycles. The molecule has 0 aromatic heterocycles. The fraction of sp³-hybridized carbons (Fsp3) is 0.409. The van der Waals surface area contributed by atoms with Crippen molar-refractivity contribution in [2.45, 2.75) is 23.8 Å². The predicted molar refractivity (Wildman–Crippen MR) is 127 cm³/mol. The lowest BCUT2D eigenvalue weighted by Crippen LogP contribution is -2.46. The fourth-order valence-corrected chi connectivity index (χ4v) is 5.19. The number of hydrogen-bond acceptors (Lipinski definition) is 7. The van der Waals surface area contributed by atoms with Gasteiger partial charge in [0.25, 0.3) is 10.1 Å². The lowest BCUT2D eigenvalue weighted by molar-refractivity contribution is -0.0712. The van der Waals surface area contributed by atoms with Crippen molar-refractivity contribution in [2.75, 3.05) is 38.3 Å². The van der Waals surface area contributed by atoms with E-state index in [0.717, 1.165) is 47.9 Å². The Kier molecular flexibility index (Phi) is 7.49. The lowest BCUT2D eigenvalue weighted by atomic mass is 9.92. The summed E-state index contributed by atoms with van der Waals surface area (Å²) in [6.45, 7) is 1.54. The Morgan fingerprint density at radius 3 is 2.28 bits per heavy atom. The van der Waals surface area contributed by atoms with Gasteiger partial charge in [-0.25, -0.2) is 4.39 Å². The fourth-order valence-electron chi connectivity index (χ4n) is 3.73. The number of aliphatic imine (C=N–C) groups is 1. The van der Waals surface area contributed by atoms with Crippen LogP contribution in [0.3, 0.4) is 0 Å². The normalized spacial score (nSPS) is 22.9. The van der Waals surface area contributed by atoms with Crippen LogP contribution in [0.2, 0.25) is 0 Å². The van der Waals surface area contributed by atoms with E-state index >= 15 is 0 Å². The molecule has 174 valence electrons. The zero-order valence-corrected chi connectivity index (χ0v) is 19.9. The van der Waals surface area contributed by atoms with Gasteiger partial charge in [0.05, 0.1) is 11.5 Å². The van der Waals surface area contributed by atoms with Crippen LogP contribution in [-0.2, 0) is 15.8 Å². The topological polar surface area (TPSA) is 93.4 Å². The lowest BCUT2D eigenvalue weighted by Gasteiger charge is -2.38. The van der Waals surface area contributed by atoms with Gasteiger partial charge in [0.15, 0.2) is 10.9 Å². The van der Waals surface area contributed by atoms with Crippen LogP contribution in [0.15, 0.2) is 53.5 Å². The number of thioether (sulfide) groups is 1. The number of hydrogen-bond donors (Lipinski definition) is 2. The van der Waals surface area contributed by atoms with E-state index in [-0.39, 0.29) is 11.1 Å². The van der Waals surface area contributed by atoms with Crippen LogP contribution in [0.25, 0.3) is 0 Å². The Labute approximate surface area is 192 Å². The van der Waals surface area contributed by atoms with Crippen molar-refractivity contribution in [1.29, 1.82) is 0 Å². The molecule has 0 bridgehead atoms. The summed E-state index contributed by atoms with van der Waals surface area (Å²) in [5.41, 5.74) is 1.60. The molecule has 32 heavy (non-hydrogen) atoms. The van der Waals surface area contributed by atoms with Crippen molar-refractivity contribution in [3.05, 3.63) is 65.5 Å². The van der Waals surface area contributed by atoms with E-state index in [0.29, 0.717) is 6.26 Å². The molecular formula is C22H28FN3O4S2. The molecule has 2 unspecified atom stereocenters. The van der Waals surface area contributed by atoms with Crippen molar-refractivity contribution in [3.8, 4) is 0 Å². The highest BCUT2D eigenvalue weighted by atomic mass is 32.2. The summed E-state index contributed by atoms with van der Waals surface area (Å²) in [5.74, 6) is -0.271. The maximum absolute atomic E-state index is 13.5. The minimum Gasteiger partial charge on any atom is -0.378 e. The monoisotopic (exact) mass is 481 g/mol. The first kappa shape index (κ1) is 24.5. The largest absolute Gasteiger partial charge is 0.378 e. The molecule has 4 rings (SSSR count). The van der Waals surface area contributed by atoms with Crippen LogP contribution in [0.1, 0.15) is 29.2 Å². The molecule has 1 saturated heterocycles. The number of aliphatic hydroxyl groups is 1. The van der Waals surface area contributed by atoms with Gasteiger partial charge in [0.2, 0.25) is 0 Å². The first-order chi connectivity index (χ1) is 15.0. The van der Waals surface area contributed by atoms with Gasteiger partial charge >= 0.3 is 0 Å². The van der Waals surface area contributed by atoms with Crippen LogP contribution < -0.4 is 4.90 Å². The molecule has 2 heterocycles. The summed E-state index contributed by atoms with van der Waals surface area (Å²) in [6.07, 6.45) is 2.73. The molecule has 2 aliphatic heterocycles. The van der Waals surface area contributed by atoms with Gasteiger partial charge in [0.1, 0.15) is 5.82 Å². The summed E-state index contributed by atoms with van der Waals surface area (Å²) >= 11 is 1.57. The van der Waals surface area contributed by atoms with Crippen molar-refractivity contribution < 1.29 is 22.5 Å². The molecule has 1 fully saturated rings. The summed E-state index contributed by atoms with van der Waals surface area (Å²) in [4.78, 5) is 8.77. The molecule has 0 aliphatic carbocycles. The van der Waals surface area contributed by atoms with Crippen LogP contribution in [0, 0.1) is 5.82 Å². The van der Waals surface area contributed by atoms with Gasteiger partial charge < -0.3 is 14.9 Å². The highest BCUT2D eigenvalue weighted by Gasteiger charge is 2.53. The third-order valence-electron chi connectivity index (χ3n) is 5.25. The maximum atomic E-state index is 13.5. The molecular weight excluding hydrogens is 453 g/mol. The Hall–Kier alpha value is -2.14. The van der Waals surface area contributed by atoms with Gasteiger partial charge in [-0.2, -0.15) is 8.42 Å². The molecule has 7 nitrogen and oxygen atoms in total. The molecule has 0 spiro atoms. The molecule has 0 radical (unpaired) electrons. The third kappa shape index (κ3) is 5.61. The van der Waals surface area contributed by atoms with Crippen LogP contribution in [-0.4, -0.2) is 61.6 Å². The molecule has 2 aromatic rings. The zero-order chi connectivity index (χ0) is 23.5. The Morgan fingerprint density at radius 2 is 1.72 bits per heavy atom. The standard InChI is InChI=1S/C21H24FN3OS.CH4O3S/c1-24(2)18-11-7-16(8-12-18)21(26)19(15-5-9-17(22)10-6-15)27-20-23-13-3-4-14-25(20)21;1-5(2,3)4/h5-12,19,26H,3-4,13-14H2,1-2H3;1H3,(H,2,3,4). The van der Waals surface area contributed by atoms with Crippen molar-refractivity contribution >= 4 is 32.7 Å². The van der Waals surface area contributed by atoms with E-state index in [4.69, 9.17) is 9.55 Å². The average Bonchev–Trinajstić information content (AvgIpc) is 2.86. The van der Waals surface area contributed by atoms with E-state index in [9.17, 15) is 17.9 Å². The minimum absolute atomic E-state index is 0.264. The van der Waals surface area contributed by atoms with E-state index in [1.54, 1.807) is 23.9 Å². The number of rotatable bonds is 3. The van der Waals surface area contributed by atoms with Gasteiger partial charge in [0, 0.05) is 38.4 Å². The second-order valence-electron chi connectivity index (χ2n) is 7.97. The third-order valence-corrected chi connectivity index (χ3v) is 6.65. The highest BCUT2D eigenvalue weighted by molar-refractivity contribution is 8.14. The van der Waals surface area contributed by atoms with Gasteiger partial charge in [-0.1, -0.05) is 36.0 Å². The molecule has 10 heteroatoms. The summed E-state index contributed by atoms with van der Waals surface area (Å²) in [5, 5.41) is 12.6. The van der Waals surface area contributed by atoms with E-state index < -0.39 is 15.8 Å². The second-order valence-corrected chi connectivity index (χ2v) is 10.5. The number of nitrogens with zero attached hydrogens (tertiary/aromatic N) is 3. The van der Waals surface area contributed by atoms with Crippen molar-refractivity contribution in [1.82, 2.24) is 4.90 Å². The van der Waals surface area contributed by atoms with Gasteiger partial charge in [-0.15, -0.1) is 0 Å². The van der Waals surface area contributed by atoms with Crippen LogP contribution in [0.5, 0.6) is 0 Å². The van der Waals surface area contributed by atoms with Crippen LogP contribution >= 0.6 is 11.8 Å². The SMILES string of the molecule is CN(C)c1ccc(C2(O)C(c3ccc(F)cc3)SC3=NCCCCN32)cc1.CS(=O)(=O)O. The Bertz CT molecular complexity index is 1050. The molecule has 2 aliphatic rings. The molecule has 2 N–H and O–H groups in total. The minimum atomic E-state index is -3.67. The van der Waals surface area contributed by atoms with Gasteiger partial charge in [-0.05, 0) is 42.7 Å². The smallest absolute Gasteiger partial charge is 0.261 e. The predicted octanol–water partition coefficient (Wildman–Crippen LogP) is 3.48. The summed E-state index contributed by atoms with van der Waals surface area (Å²) in [7, 11) is 0.325.